The summed E-state index contributed by atoms with van der Waals surface area (Å²) in [5.74, 6) is 1.40. The molecule has 0 radical (unpaired) electrons. The third kappa shape index (κ3) is 11.3. The molecular weight excluding hydrogens is 256 g/mol. The summed E-state index contributed by atoms with van der Waals surface area (Å²) < 4.78 is 0. The third-order valence-corrected chi connectivity index (χ3v) is 4.49. The van der Waals surface area contributed by atoms with Crippen molar-refractivity contribution >= 4 is 17.7 Å². The fourth-order valence-corrected chi connectivity index (χ4v) is 3.05. The fraction of sp³-hybridized carbons (Fsp3) is 0.933. The van der Waals surface area contributed by atoms with Gasteiger partial charge in [0.25, 0.3) is 0 Å². The molecule has 0 aliphatic rings. The van der Waals surface area contributed by atoms with Gasteiger partial charge in [-0.05, 0) is 45.7 Å². The van der Waals surface area contributed by atoms with Crippen LogP contribution in [0.5, 0.6) is 0 Å². The Kier molecular flexibility index (Phi) is 11.5. The van der Waals surface area contributed by atoms with Crippen LogP contribution < -0.4 is 0 Å². The normalized spacial score (nSPS) is 12.7. The molecule has 0 rings (SSSR count). The maximum atomic E-state index is 11.9. The lowest BCUT2D eigenvalue weighted by Gasteiger charge is -2.18. The van der Waals surface area contributed by atoms with E-state index in [2.05, 4.69) is 32.8 Å². The van der Waals surface area contributed by atoms with Crippen molar-refractivity contribution in [1.82, 2.24) is 9.80 Å². The second kappa shape index (κ2) is 11.6. The van der Waals surface area contributed by atoms with Gasteiger partial charge in [-0.25, -0.2) is 0 Å². The minimum Gasteiger partial charge on any atom is -0.346 e. The summed E-state index contributed by atoms with van der Waals surface area (Å²) in [6.45, 7) is 6.42. The highest BCUT2D eigenvalue weighted by atomic mass is 32.2. The lowest BCUT2D eigenvalue weighted by atomic mass is 10.3. The molecule has 0 saturated carbocycles. The topological polar surface area (TPSA) is 23.6 Å². The van der Waals surface area contributed by atoms with Crippen molar-refractivity contribution in [1.29, 1.82) is 0 Å². The number of hydrogen-bond acceptors (Lipinski definition) is 3. The Balaban J connectivity index is 3.56. The Labute approximate surface area is 124 Å². The van der Waals surface area contributed by atoms with Crippen LogP contribution >= 0.6 is 11.8 Å². The molecule has 1 atom stereocenters. The molecule has 0 fully saturated rings. The number of amides is 1. The largest absolute Gasteiger partial charge is 0.346 e. The van der Waals surface area contributed by atoms with Crippen molar-refractivity contribution < 1.29 is 4.79 Å². The molecule has 1 unspecified atom stereocenters. The average Bonchev–Trinajstić information content (AvgIpc) is 2.34. The Morgan fingerprint density at radius 2 is 1.84 bits per heavy atom. The Bertz CT molecular complexity index is 234. The van der Waals surface area contributed by atoms with E-state index in [1.165, 1.54) is 12.8 Å². The third-order valence-electron chi connectivity index (χ3n) is 3.16. The molecule has 0 aromatic rings. The van der Waals surface area contributed by atoms with Gasteiger partial charge in [0.1, 0.15) is 0 Å². The van der Waals surface area contributed by atoms with E-state index < -0.39 is 0 Å². The number of thioether (sulfide) groups is 1. The standard InChI is InChI=1S/C15H32N2OS/c1-6-9-14(2)19-13-7-10-15(18)17(5)12-8-11-16(3)4/h14H,6-13H2,1-5H3. The van der Waals surface area contributed by atoms with Crippen LogP contribution in [-0.4, -0.2) is 60.9 Å². The lowest BCUT2D eigenvalue weighted by molar-refractivity contribution is -0.129. The number of carbonyl (C=O) groups is 1. The molecule has 0 bridgehead atoms. The Morgan fingerprint density at radius 3 is 2.42 bits per heavy atom. The van der Waals surface area contributed by atoms with E-state index in [1.54, 1.807) is 0 Å². The Hall–Kier alpha value is -0.220. The van der Waals surface area contributed by atoms with E-state index in [0.29, 0.717) is 12.3 Å². The second-order valence-corrected chi connectivity index (χ2v) is 7.09. The Morgan fingerprint density at radius 1 is 1.16 bits per heavy atom. The molecule has 0 aromatic carbocycles. The van der Waals surface area contributed by atoms with Gasteiger partial charge in [0.2, 0.25) is 5.91 Å². The molecular formula is C15H32N2OS. The molecule has 0 spiro atoms. The van der Waals surface area contributed by atoms with E-state index in [-0.39, 0.29) is 0 Å². The predicted molar refractivity (Wildman–Crippen MR) is 86.9 cm³/mol. The van der Waals surface area contributed by atoms with Gasteiger partial charge >= 0.3 is 0 Å². The van der Waals surface area contributed by atoms with Crippen LogP contribution in [0.2, 0.25) is 0 Å². The molecule has 3 nitrogen and oxygen atoms in total. The summed E-state index contributed by atoms with van der Waals surface area (Å²) >= 11 is 2.00. The van der Waals surface area contributed by atoms with E-state index in [4.69, 9.17) is 0 Å². The van der Waals surface area contributed by atoms with Gasteiger partial charge in [0.05, 0.1) is 0 Å². The summed E-state index contributed by atoms with van der Waals surface area (Å²) in [5, 5.41) is 0.734. The molecule has 0 N–H and O–H groups in total. The first kappa shape index (κ1) is 18.8. The monoisotopic (exact) mass is 288 g/mol. The van der Waals surface area contributed by atoms with Gasteiger partial charge < -0.3 is 9.80 Å². The zero-order valence-corrected chi connectivity index (χ0v) is 14.3. The van der Waals surface area contributed by atoms with Crippen molar-refractivity contribution in [3.05, 3.63) is 0 Å². The molecule has 0 aromatic heterocycles. The summed E-state index contributed by atoms with van der Waals surface area (Å²) in [6, 6.07) is 0. The van der Waals surface area contributed by atoms with Gasteiger partial charge in [-0.1, -0.05) is 20.3 Å². The second-order valence-electron chi connectivity index (χ2n) is 5.55. The zero-order chi connectivity index (χ0) is 14.7. The van der Waals surface area contributed by atoms with Crippen molar-refractivity contribution in [2.45, 2.75) is 51.2 Å². The van der Waals surface area contributed by atoms with Crippen molar-refractivity contribution in [2.75, 3.05) is 40.0 Å². The highest BCUT2D eigenvalue weighted by Gasteiger charge is 2.08. The molecule has 0 saturated heterocycles. The number of nitrogens with zero attached hydrogens (tertiary/aromatic N) is 2. The number of rotatable bonds is 11. The maximum absolute atomic E-state index is 11.9. The zero-order valence-electron chi connectivity index (χ0n) is 13.4. The first-order valence-electron chi connectivity index (χ1n) is 7.47. The van der Waals surface area contributed by atoms with E-state index in [1.807, 2.05) is 23.7 Å². The quantitative estimate of drug-likeness (QED) is 0.546. The van der Waals surface area contributed by atoms with Gasteiger partial charge in [0.15, 0.2) is 0 Å². The lowest BCUT2D eigenvalue weighted by Crippen LogP contribution is -2.29. The minimum absolute atomic E-state index is 0.294. The highest BCUT2D eigenvalue weighted by Crippen LogP contribution is 2.17. The minimum atomic E-state index is 0.294. The van der Waals surface area contributed by atoms with Crippen LogP contribution in [0.3, 0.4) is 0 Å². The van der Waals surface area contributed by atoms with Gasteiger partial charge in [-0.3, -0.25) is 4.79 Å². The molecule has 0 aliphatic carbocycles. The number of carbonyl (C=O) groups excluding carboxylic acids is 1. The van der Waals surface area contributed by atoms with Crippen LogP contribution in [0.4, 0.5) is 0 Å². The van der Waals surface area contributed by atoms with Crippen LogP contribution in [0.25, 0.3) is 0 Å². The maximum Gasteiger partial charge on any atom is 0.222 e. The summed E-state index contributed by atoms with van der Waals surface area (Å²) in [7, 11) is 6.05. The molecule has 0 heterocycles. The van der Waals surface area contributed by atoms with E-state index >= 15 is 0 Å². The van der Waals surface area contributed by atoms with Crippen molar-refractivity contribution in [3.8, 4) is 0 Å². The first-order chi connectivity index (χ1) is 8.97. The highest BCUT2D eigenvalue weighted by molar-refractivity contribution is 7.99. The van der Waals surface area contributed by atoms with Crippen LogP contribution in [0.1, 0.15) is 46.0 Å². The van der Waals surface area contributed by atoms with Crippen molar-refractivity contribution in [3.63, 3.8) is 0 Å². The van der Waals surface area contributed by atoms with Crippen LogP contribution in [-0.2, 0) is 4.79 Å². The molecule has 114 valence electrons. The van der Waals surface area contributed by atoms with Crippen LogP contribution in [0, 0.1) is 0 Å². The molecule has 1 amide bonds. The first-order valence-corrected chi connectivity index (χ1v) is 8.52. The predicted octanol–water partition coefficient (Wildman–Crippen LogP) is 3.10. The van der Waals surface area contributed by atoms with Gasteiger partial charge in [-0.2, -0.15) is 11.8 Å². The smallest absolute Gasteiger partial charge is 0.222 e. The van der Waals surface area contributed by atoms with E-state index in [0.717, 1.165) is 36.9 Å². The van der Waals surface area contributed by atoms with Crippen molar-refractivity contribution in [2.24, 2.45) is 0 Å². The molecule has 19 heavy (non-hydrogen) atoms. The number of hydrogen-bond donors (Lipinski definition) is 0. The molecule has 4 heteroatoms. The van der Waals surface area contributed by atoms with Gasteiger partial charge in [-0.15, -0.1) is 0 Å². The van der Waals surface area contributed by atoms with E-state index in [9.17, 15) is 4.79 Å². The van der Waals surface area contributed by atoms with Gasteiger partial charge in [0, 0.05) is 25.3 Å². The SMILES string of the molecule is CCCC(C)SCCCC(=O)N(C)CCCN(C)C. The average molecular weight is 289 g/mol. The summed E-state index contributed by atoms with van der Waals surface area (Å²) in [4.78, 5) is 15.9. The summed E-state index contributed by atoms with van der Waals surface area (Å²) in [6.07, 6.45) is 5.29. The fourth-order valence-electron chi connectivity index (χ4n) is 1.94. The summed E-state index contributed by atoms with van der Waals surface area (Å²) in [5.41, 5.74) is 0. The molecule has 0 aliphatic heterocycles. The van der Waals surface area contributed by atoms with Crippen LogP contribution in [0.15, 0.2) is 0 Å².